The van der Waals surface area contributed by atoms with Gasteiger partial charge in [-0.2, -0.15) is 5.26 Å². The van der Waals surface area contributed by atoms with Crippen molar-refractivity contribution in [2.75, 3.05) is 11.5 Å². The van der Waals surface area contributed by atoms with Crippen LogP contribution in [-0.4, -0.2) is 19.9 Å². The van der Waals surface area contributed by atoms with E-state index >= 15 is 0 Å². The van der Waals surface area contributed by atoms with Crippen molar-refractivity contribution in [3.63, 3.8) is 0 Å². The summed E-state index contributed by atoms with van der Waals surface area (Å²) in [6.45, 7) is 1.92. The molecule has 0 aliphatic heterocycles. The van der Waals surface area contributed by atoms with E-state index < -0.39 is 9.05 Å². The Morgan fingerprint density at radius 2 is 2.19 bits per heavy atom. The van der Waals surface area contributed by atoms with Crippen LogP contribution in [0.3, 0.4) is 0 Å². The summed E-state index contributed by atoms with van der Waals surface area (Å²) in [5.41, 5.74) is 1.60. The van der Waals surface area contributed by atoms with Gasteiger partial charge in [-0.25, -0.2) is 8.42 Å². The molecule has 1 rings (SSSR count). The normalized spacial score (nSPS) is 11.1. The molecule has 16 heavy (non-hydrogen) atoms. The molecule has 86 valence electrons. The van der Waals surface area contributed by atoms with E-state index in [1.807, 2.05) is 19.1 Å². The fourth-order valence-electron chi connectivity index (χ4n) is 1.09. The van der Waals surface area contributed by atoms with E-state index in [0.29, 0.717) is 11.3 Å². The lowest BCUT2D eigenvalue weighted by Gasteiger charge is -2.03. The third-order valence-corrected chi connectivity index (χ3v) is 4.31. The quantitative estimate of drug-likeness (QED) is 0.626. The number of benzene rings is 1. The summed E-state index contributed by atoms with van der Waals surface area (Å²) in [6, 6.07) is 7.51. The van der Waals surface area contributed by atoms with Gasteiger partial charge in [-0.1, -0.05) is 6.07 Å². The van der Waals surface area contributed by atoms with Gasteiger partial charge in [0.05, 0.1) is 11.3 Å². The smallest absolute Gasteiger partial charge is 0.212 e. The van der Waals surface area contributed by atoms with Crippen molar-refractivity contribution in [1.29, 1.82) is 5.26 Å². The Hall–Kier alpha value is -0.700. The Morgan fingerprint density at radius 3 is 2.75 bits per heavy atom. The van der Waals surface area contributed by atoms with Gasteiger partial charge in [0, 0.05) is 21.3 Å². The molecule has 1 aromatic carbocycles. The molecule has 6 heteroatoms. The van der Waals surface area contributed by atoms with Crippen molar-refractivity contribution in [1.82, 2.24) is 0 Å². The number of rotatable bonds is 4. The molecule has 0 aliphatic carbocycles. The Kier molecular flexibility index (Phi) is 4.66. The molecule has 1 aromatic rings. The molecule has 0 aliphatic rings. The first kappa shape index (κ1) is 13.4. The van der Waals surface area contributed by atoms with E-state index in [1.165, 1.54) is 11.8 Å². The van der Waals surface area contributed by atoms with E-state index in [0.717, 1.165) is 10.5 Å². The van der Waals surface area contributed by atoms with Crippen LogP contribution in [0.4, 0.5) is 0 Å². The van der Waals surface area contributed by atoms with Crippen molar-refractivity contribution < 1.29 is 8.42 Å². The van der Waals surface area contributed by atoms with Gasteiger partial charge in [0.2, 0.25) is 9.05 Å². The highest BCUT2D eigenvalue weighted by Crippen LogP contribution is 2.24. The SMILES string of the molecule is Cc1ccc(C#N)c(SCCS(=O)(=O)Cl)c1. The summed E-state index contributed by atoms with van der Waals surface area (Å²) < 4.78 is 21.5. The van der Waals surface area contributed by atoms with E-state index in [9.17, 15) is 8.42 Å². The predicted molar refractivity (Wildman–Crippen MR) is 66.3 cm³/mol. The third-order valence-electron chi connectivity index (χ3n) is 1.84. The van der Waals surface area contributed by atoms with Crippen molar-refractivity contribution in [2.24, 2.45) is 0 Å². The zero-order valence-corrected chi connectivity index (χ0v) is 11.0. The molecular weight excluding hydrogens is 266 g/mol. The standard InChI is InChI=1S/C10H10ClNO2S2/c1-8-2-3-9(7-12)10(6-8)15-4-5-16(11,13)14/h2-3,6H,4-5H2,1H3. The van der Waals surface area contributed by atoms with Crippen LogP contribution in [0.1, 0.15) is 11.1 Å². The van der Waals surface area contributed by atoms with E-state index in [2.05, 4.69) is 6.07 Å². The van der Waals surface area contributed by atoms with Gasteiger partial charge in [0.15, 0.2) is 0 Å². The van der Waals surface area contributed by atoms with Gasteiger partial charge >= 0.3 is 0 Å². The molecule has 0 amide bonds. The molecule has 0 N–H and O–H groups in total. The molecule has 0 unspecified atom stereocenters. The fraction of sp³-hybridized carbons (Fsp3) is 0.300. The molecule has 0 radical (unpaired) electrons. The molecule has 0 aromatic heterocycles. The molecule has 3 nitrogen and oxygen atoms in total. The van der Waals surface area contributed by atoms with Crippen molar-refractivity contribution in [3.05, 3.63) is 29.3 Å². The van der Waals surface area contributed by atoms with Crippen LogP contribution in [-0.2, 0) is 9.05 Å². The number of aryl methyl sites for hydroxylation is 1. The van der Waals surface area contributed by atoms with Crippen LogP contribution in [0.15, 0.2) is 23.1 Å². The Labute approximate surface area is 104 Å². The maximum absolute atomic E-state index is 10.7. The summed E-state index contributed by atoms with van der Waals surface area (Å²) in [7, 11) is 1.64. The second kappa shape index (κ2) is 5.58. The molecule has 0 saturated carbocycles. The second-order valence-corrected chi connectivity index (χ2v) is 7.24. The van der Waals surface area contributed by atoms with Gasteiger partial charge < -0.3 is 0 Å². The van der Waals surface area contributed by atoms with Gasteiger partial charge in [-0.15, -0.1) is 11.8 Å². The minimum absolute atomic E-state index is 0.0992. The average Bonchev–Trinajstić information content (AvgIpc) is 2.16. The highest BCUT2D eigenvalue weighted by Gasteiger charge is 2.07. The number of thioether (sulfide) groups is 1. The van der Waals surface area contributed by atoms with E-state index in [-0.39, 0.29) is 5.75 Å². The number of halogens is 1. The number of hydrogen-bond donors (Lipinski definition) is 0. The molecule has 0 fully saturated rings. The molecule has 0 spiro atoms. The largest absolute Gasteiger partial charge is 0.233 e. The highest BCUT2D eigenvalue weighted by atomic mass is 35.7. The topological polar surface area (TPSA) is 57.9 Å². The first-order valence-electron chi connectivity index (χ1n) is 4.48. The highest BCUT2D eigenvalue weighted by molar-refractivity contribution is 8.14. The zero-order chi connectivity index (χ0) is 12.2. The summed E-state index contributed by atoms with van der Waals surface area (Å²) in [5.74, 6) is 0.252. The Balaban J connectivity index is 2.74. The maximum Gasteiger partial charge on any atom is 0.233 e. The lowest BCUT2D eigenvalue weighted by atomic mass is 10.2. The zero-order valence-electron chi connectivity index (χ0n) is 8.60. The molecule has 0 atom stereocenters. The van der Waals surface area contributed by atoms with Crippen molar-refractivity contribution in [2.45, 2.75) is 11.8 Å². The van der Waals surface area contributed by atoms with Crippen LogP contribution >= 0.6 is 22.4 Å². The first-order chi connectivity index (χ1) is 7.42. The van der Waals surface area contributed by atoms with Crippen LogP contribution in [0.25, 0.3) is 0 Å². The number of nitrogens with zero attached hydrogens (tertiary/aromatic N) is 1. The molecule has 0 bridgehead atoms. The summed E-state index contributed by atoms with van der Waals surface area (Å²) in [6.07, 6.45) is 0. The monoisotopic (exact) mass is 275 g/mol. The van der Waals surface area contributed by atoms with Gasteiger partial charge in [-0.05, 0) is 24.6 Å². The predicted octanol–water partition coefficient (Wildman–Crippen LogP) is 2.53. The Bertz CT molecular complexity index is 520. The molecular formula is C10H10ClNO2S2. The van der Waals surface area contributed by atoms with Crippen LogP contribution in [0.5, 0.6) is 0 Å². The van der Waals surface area contributed by atoms with Gasteiger partial charge in [0.25, 0.3) is 0 Å². The average molecular weight is 276 g/mol. The first-order valence-corrected chi connectivity index (χ1v) is 7.94. The number of hydrogen-bond acceptors (Lipinski definition) is 4. The minimum Gasteiger partial charge on any atom is -0.212 e. The minimum atomic E-state index is -3.46. The fourth-order valence-corrected chi connectivity index (χ4v) is 3.55. The van der Waals surface area contributed by atoms with Crippen LogP contribution < -0.4 is 0 Å². The van der Waals surface area contributed by atoms with Crippen molar-refractivity contribution in [3.8, 4) is 6.07 Å². The molecule has 0 heterocycles. The summed E-state index contributed by atoms with van der Waals surface area (Å²) in [5, 5.41) is 8.86. The van der Waals surface area contributed by atoms with Crippen LogP contribution in [0, 0.1) is 18.3 Å². The Morgan fingerprint density at radius 1 is 1.50 bits per heavy atom. The maximum atomic E-state index is 10.7. The lowest BCUT2D eigenvalue weighted by Crippen LogP contribution is -1.99. The van der Waals surface area contributed by atoms with E-state index in [4.69, 9.17) is 15.9 Å². The van der Waals surface area contributed by atoms with Crippen molar-refractivity contribution >= 4 is 31.5 Å². The van der Waals surface area contributed by atoms with Gasteiger partial charge in [-0.3, -0.25) is 0 Å². The third kappa shape index (κ3) is 4.44. The summed E-state index contributed by atoms with van der Waals surface area (Å²) in [4.78, 5) is 0.794. The van der Waals surface area contributed by atoms with E-state index in [1.54, 1.807) is 6.07 Å². The van der Waals surface area contributed by atoms with Gasteiger partial charge in [0.1, 0.15) is 6.07 Å². The summed E-state index contributed by atoms with van der Waals surface area (Å²) >= 11 is 1.33. The lowest BCUT2D eigenvalue weighted by molar-refractivity contribution is 0.611. The van der Waals surface area contributed by atoms with Crippen LogP contribution in [0.2, 0.25) is 0 Å². The number of nitriles is 1. The second-order valence-electron chi connectivity index (χ2n) is 3.20. The molecule has 0 saturated heterocycles.